The fraction of sp³-hybridized carbons (Fsp3) is 0.857. The van der Waals surface area contributed by atoms with Crippen LogP contribution in [-0.2, 0) is 9.53 Å². The number of nitrogens with two attached hydrogens (primary N) is 1. The lowest BCUT2D eigenvalue weighted by Gasteiger charge is -2.38. The van der Waals surface area contributed by atoms with Gasteiger partial charge in [0.05, 0.1) is 12.5 Å². The van der Waals surface area contributed by atoms with Gasteiger partial charge < -0.3 is 20.3 Å². The van der Waals surface area contributed by atoms with Crippen LogP contribution in [0.3, 0.4) is 0 Å². The quantitative estimate of drug-likeness (QED) is 0.813. The highest BCUT2D eigenvalue weighted by Crippen LogP contribution is 2.25. The zero-order valence-corrected chi connectivity index (χ0v) is 12.2. The van der Waals surface area contributed by atoms with Gasteiger partial charge in [-0.3, -0.25) is 4.79 Å². The molecule has 0 spiro atoms. The minimum Gasteiger partial charge on any atom is -0.450 e. The van der Waals surface area contributed by atoms with Gasteiger partial charge >= 0.3 is 6.09 Å². The van der Waals surface area contributed by atoms with Gasteiger partial charge in [0.2, 0.25) is 5.91 Å². The summed E-state index contributed by atoms with van der Waals surface area (Å²) >= 11 is 0. The van der Waals surface area contributed by atoms with Crippen LogP contribution in [0.15, 0.2) is 0 Å². The number of hydrogen-bond donors (Lipinski definition) is 1. The smallest absolute Gasteiger partial charge is 0.409 e. The Bertz CT molecular complexity index is 354. The van der Waals surface area contributed by atoms with Crippen LogP contribution in [0.25, 0.3) is 0 Å². The second-order valence-corrected chi connectivity index (χ2v) is 5.57. The summed E-state index contributed by atoms with van der Waals surface area (Å²) in [6.07, 6.45) is 3.78. The third kappa shape index (κ3) is 3.42. The molecule has 1 aliphatic heterocycles. The van der Waals surface area contributed by atoms with Gasteiger partial charge in [-0.15, -0.1) is 0 Å². The first-order chi connectivity index (χ1) is 9.63. The second-order valence-electron chi connectivity index (χ2n) is 5.57. The van der Waals surface area contributed by atoms with Gasteiger partial charge in [0.25, 0.3) is 0 Å². The third-order valence-electron chi connectivity index (χ3n) is 4.25. The van der Waals surface area contributed by atoms with Crippen molar-refractivity contribution in [2.75, 3.05) is 32.8 Å². The Morgan fingerprint density at radius 1 is 1.10 bits per heavy atom. The Morgan fingerprint density at radius 2 is 1.70 bits per heavy atom. The average molecular weight is 283 g/mol. The summed E-state index contributed by atoms with van der Waals surface area (Å²) < 4.78 is 4.97. The Hall–Kier alpha value is -1.30. The maximum absolute atomic E-state index is 12.5. The molecule has 0 aromatic carbocycles. The highest BCUT2D eigenvalue weighted by molar-refractivity contribution is 5.80. The monoisotopic (exact) mass is 283 g/mol. The van der Waals surface area contributed by atoms with Crippen LogP contribution in [-0.4, -0.2) is 60.6 Å². The molecule has 2 aliphatic rings. The van der Waals surface area contributed by atoms with Crippen molar-refractivity contribution in [3.8, 4) is 0 Å². The third-order valence-corrected chi connectivity index (χ3v) is 4.25. The number of ether oxygens (including phenoxy) is 1. The van der Waals surface area contributed by atoms with Crippen LogP contribution >= 0.6 is 0 Å². The predicted molar refractivity (Wildman–Crippen MR) is 75.1 cm³/mol. The van der Waals surface area contributed by atoms with Crippen molar-refractivity contribution in [1.82, 2.24) is 9.80 Å². The van der Waals surface area contributed by atoms with Crippen molar-refractivity contribution in [3.63, 3.8) is 0 Å². The molecule has 1 saturated carbocycles. The fourth-order valence-electron chi connectivity index (χ4n) is 3.02. The molecule has 0 aromatic heterocycles. The maximum atomic E-state index is 12.5. The highest BCUT2D eigenvalue weighted by Gasteiger charge is 2.33. The van der Waals surface area contributed by atoms with E-state index in [4.69, 9.17) is 10.5 Å². The first kappa shape index (κ1) is 15.1. The fourth-order valence-corrected chi connectivity index (χ4v) is 3.02. The lowest BCUT2D eigenvalue weighted by atomic mass is 9.84. The van der Waals surface area contributed by atoms with Gasteiger partial charge in [0.1, 0.15) is 0 Å². The van der Waals surface area contributed by atoms with E-state index in [1.165, 1.54) is 0 Å². The van der Waals surface area contributed by atoms with Gasteiger partial charge in [-0.25, -0.2) is 4.79 Å². The van der Waals surface area contributed by atoms with Crippen LogP contribution in [0.2, 0.25) is 0 Å². The number of amides is 2. The van der Waals surface area contributed by atoms with Gasteiger partial charge in [-0.05, 0) is 19.8 Å². The van der Waals surface area contributed by atoms with E-state index in [1.807, 2.05) is 4.90 Å². The summed E-state index contributed by atoms with van der Waals surface area (Å²) in [6.45, 7) is 4.44. The highest BCUT2D eigenvalue weighted by atomic mass is 16.6. The molecule has 2 fully saturated rings. The molecule has 1 heterocycles. The molecule has 2 amide bonds. The molecule has 20 heavy (non-hydrogen) atoms. The molecule has 0 radical (unpaired) electrons. The van der Waals surface area contributed by atoms with E-state index in [-0.39, 0.29) is 24.0 Å². The van der Waals surface area contributed by atoms with Crippen molar-refractivity contribution >= 4 is 12.0 Å². The van der Waals surface area contributed by atoms with Crippen LogP contribution in [0.1, 0.15) is 32.6 Å². The SMILES string of the molecule is CCOC(=O)N1CCN(C(=O)C2CCCCC2N)CC1. The van der Waals surface area contributed by atoms with E-state index in [1.54, 1.807) is 11.8 Å². The molecule has 0 aromatic rings. The van der Waals surface area contributed by atoms with E-state index < -0.39 is 0 Å². The van der Waals surface area contributed by atoms with Gasteiger partial charge in [0.15, 0.2) is 0 Å². The summed E-state index contributed by atoms with van der Waals surface area (Å²) in [6, 6.07) is -0.000615. The minimum absolute atomic E-state index is 0.000615. The van der Waals surface area contributed by atoms with Crippen molar-refractivity contribution in [2.24, 2.45) is 11.7 Å². The van der Waals surface area contributed by atoms with Crippen molar-refractivity contribution in [1.29, 1.82) is 0 Å². The van der Waals surface area contributed by atoms with Crippen molar-refractivity contribution in [3.05, 3.63) is 0 Å². The molecule has 2 atom stereocenters. The summed E-state index contributed by atoms with van der Waals surface area (Å²) in [5, 5.41) is 0. The Labute approximate surface area is 120 Å². The zero-order valence-electron chi connectivity index (χ0n) is 12.2. The molecule has 114 valence electrons. The molecular weight excluding hydrogens is 258 g/mol. The number of carbonyl (C=O) groups excluding carboxylic acids is 2. The summed E-state index contributed by atoms with van der Waals surface area (Å²) in [5.74, 6) is 0.138. The van der Waals surface area contributed by atoms with E-state index in [0.717, 1.165) is 25.7 Å². The standard InChI is InChI=1S/C14H25N3O3/c1-2-20-14(19)17-9-7-16(8-10-17)13(18)11-5-3-4-6-12(11)15/h11-12H,2-10,15H2,1H3. The summed E-state index contributed by atoms with van der Waals surface area (Å²) in [4.78, 5) is 27.6. The van der Waals surface area contributed by atoms with E-state index >= 15 is 0 Å². The second kappa shape index (κ2) is 6.92. The number of carbonyl (C=O) groups is 2. The van der Waals surface area contributed by atoms with E-state index in [0.29, 0.717) is 32.8 Å². The summed E-state index contributed by atoms with van der Waals surface area (Å²) in [5.41, 5.74) is 6.07. The summed E-state index contributed by atoms with van der Waals surface area (Å²) in [7, 11) is 0. The van der Waals surface area contributed by atoms with Crippen LogP contribution < -0.4 is 5.73 Å². The number of hydrogen-bond acceptors (Lipinski definition) is 4. The van der Waals surface area contributed by atoms with Crippen LogP contribution in [0.4, 0.5) is 4.79 Å². The Kier molecular flexibility index (Phi) is 5.23. The number of piperazine rings is 1. The number of rotatable bonds is 2. The first-order valence-corrected chi connectivity index (χ1v) is 7.59. The zero-order chi connectivity index (χ0) is 14.5. The molecule has 0 bridgehead atoms. The molecule has 1 aliphatic carbocycles. The normalized spacial score (nSPS) is 27.3. The maximum Gasteiger partial charge on any atom is 0.409 e. The Morgan fingerprint density at radius 3 is 2.30 bits per heavy atom. The minimum atomic E-state index is -0.283. The molecular formula is C14H25N3O3. The Balaban J connectivity index is 1.83. The molecule has 2 N–H and O–H groups in total. The first-order valence-electron chi connectivity index (χ1n) is 7.59. The van der Waals surface area contributed by atoms with Crippen LogP contribution in [0.5, 0.6) is 0 Å². The average Bonchev–Trinajstić information content (AvgIpc) is 2.47. The lowest BCUT2D eigenvalue weighted by Crippen LogP contribution is -2.54. The van der Waals surface area contributed by atoms with Gasteiger partial charge in [-0.1, -0.05) is 12.8 Å². The van der Waals surface area contributed by atoms with Crippen molar-refractivity contribution < 1.29 is 14.3 Å². The lowest BCUT2D eigenvalue weighted by molar-refractivity contribution is -0.138. The van der Waals surface area contributed by atoms with Gasteiger partial charge in [0, 0.05) is 32.2 Å². The molecule has 6 heteroatoms. The molecule has 6 nitrogen and oxygen atoms in total. The molecule has 2 unspecified atom stereocenters. The van der Waals surface area contributed by atoms with E-state index in [2.05, 4.69) is 0 Å². The van der Waals surface area contributed by atoms with Crippen molar-refractivity contribution in [2.45, 2.75) is 38.6 Å². The predicted octanol–water partition coefficient (Wildman–Crippen LogP) is 0.805. The van der Waals surface area contributed by atoms with E-state index in [9.17, 15) is 9.59 Å². The molecule has 2 rings (SSSR count). The topological polar surface area (TPSA) is 75.9 Å². The van der Waals surface area contributed by atoms with Gasteiger partial charge in [-0.2, -0.15) is 0 Å². The van der Waals surface area contributed by atoms with Crippen LogP contribution in [0, 0.1) is 5.92 Å². The molecule has 1 saturated heterocycles. The largest absolute Gasteiger partial charge is 0.450 e. The number of nitrogens with zero attached hydrogens (tertiary/aromatic N) is 2.